The van der Waals surface area contributed by atoms with Gasteiger partial charge in [0, 0.05) is 32.6 Å². The van der Waals surface area contributed by atoms with E-state index in [0.29, 0.717) is 31.3 Å². The zero-order valence-corrected chi connectivity index (χ0v) is 13.8. The molecule has 1 aliphatic carbocycles. The van der Waals surface area contributed by atoms with Gasteiger partial charge in [0.1, 0.15) is 0 Å². The maximum absolute atomic E-state index is 11.8. The predicted molar refractivity (Wildman–Crippen MR) is 85.1 cm³/mol. The van der Waals surface area contributed by atoms with E-state index in [2.05, 4.69) is 24.5 Å². The van der Waals surface area contributed by atoms with E-state index in [0.717, 1.165) is 19.4 Å². The summed E-state index contributed by atoms with van der Waals surface area (Å²) in [6, 6.07) is 0.238. The van der Waals surface area contributed by atoms with Crippen molar-refractivity contribution in [1.82, 2.24) is 15.5 Å². The molecule has 1 aliphatic rings. The maximum Gasteiger partial charge on any atom is 0.315 e. The van der Waals surface area contributed by atoms with Gasteiger partial charge in [0.15, 0.2) is 0 Å². The summed E-state index contributed by atoms with van der Waals surface area (Å²) in [6.45, 7) is 5.54. The Morgan fingerprint density at radius 1 is 1.19 bits per heavy atom. The molecule has 0 spiro atoms. The molecule has 5 nitrogen and oxygen atoms in total. The van der Waals surface area contributed by atoms with Crippen molar-refractivity contribution >= 4 is 11.9 Å². The van der Waals surface area contributed by atoms with Crippen LogP contribution in [0.4, 0.5) is 4.79 Å². The van der Waals surface area contributed by atoms with Crippen LogP contribution in [-0.4, -0.2) is 43.0 Å². The number of urea groups is 1. The highest BCUT2D eigenvalue weighted by atomic mass is 16.2. The van der Waals surface area contributed by atoms with Gasteiger partial charge in [0.25, 0.3) is 0 Å². The van der Waals surface area contributed by atoms with Crippen LogP contribution in [0.1, 0.15) is 58.8 Å². The Kier molecular flexibility index (Phi) is 8.16. The lowest BCUT2D eigenvalue weighted by molar-refractivity contribution is -0.130. The van der Waals surface area contributed by atoms with Crippen LogP contribution in [-0.2, 0) is 4.79 Å². The van der Waals surface area contributed by atoms with Crippen LogP contribution in [0, 0.1) is 5.92 Å². The van der Waals surface area contributed by atoms with Crippen molar-refractivity contribution in [3.8, 4) is 0 Å². The Morgan fingerprint density at radius 3 is 2.48 bits per heavy atom. The Hall–Kier alpha value is -1.26. The fourth-order valence-corrected chi connectivity index (χ4v) is 2.77. The quantitative estimate of drug-likeness (QED) is 0.709. The third-order valence-electron chi connectivity index (χ3n) is 3.86. The van der Waals surface area contributed by atoms with Crippen molar-refractivity contribution in [3.05, 3.63) is 0 Å². The summed E-state index contributed by atoms with van der Waals surface area (Å²) in [5.41, 5.74) is 0. The van der Waals surface area contributed by atoms with Crippen LogP contribution >= 0.6 is 0 Å². The summed E-state index contributed by atoms with van der Waals surface area (Å²) in [4.78, 5) is 25.3. The molecule has 1 fully saturated rings. The molecule has 1 rings (SSSR count). The topological polar surface area (TPSA) is 61.4 Å². The minimum absolute atomic E-state index is 0.0927. The standard InChI is InChI=1S/C16H31N3O2/c1-13(2)12-19(3)15(20)10-7-11-17-16(21)18-14-8-5-4-6-9-14/h13-14H,4-12H2,1-3H3,(H2,17,18,21). The lowest BCUT2D eigenvalue weighted by Gasteiger charge is -2.23. The van der Waals surface area contributed by atoms with Crippen molar-refractivity contribution in [3.63, 3.8) is 0 Å². The van der Waals surface area contributed by atoms with Gasteiger partial charge in [0.05, 0.1) is 0 Å². The van der Waals surface area contributed by atoms with E-state index in [9.17, 15) is 9.59 Å². The predicted octanol–water partition coefficient (Wildman–Crippen LogP) is 2.51. The molecule has 5 heteroatoms. The molecule has 0 aromatic carbocycles. The van der Waals surface area contributed by atoms with Crippen molar-refractivity contribution in [2.75, 3.05) is 20.1 Å². The Bertz CT molecular complexity index is 325. The third-order valence-corrected chi connectivity index (χ3v) is 3.86. The molecule has 0 aromatic heterocycles. The second-order valence-electron chi connectivity index (χ2n) is 6.51. The summed E-state index contributed by atoms with van der Waals surface area (Å²) in [7, 11) is 1.84. The number of hydrogen-bond acceptors (Lipinski definition) is 2. The fourth-order valence-electron chi connectivity index (χ4n) is 2.77. The number of carbonyl (C=O) groups excluding carboxylic acids is 2. The highest BCUT2D eigenvalue weighted by Crippen LogP contribution is 2.17. The van der Waals surface area contributed by atoms with Gasteiger partial charge in [-0.25, -0.2) is 4.79 Å². The normalized spacial score (nSPS) is 15.8. The molecular formula is C16H31N3O2. The van der Waals surface area contributed by atoms with Crippen molar-refractivity contribution in [2.24, 2.45) is 5.92 Å². The maximum atomic E-state index is 11.8. The number of carbonyl (C=O) groups is 2. The van der Waals surface area contributed by atoms with E-state index in [-0.39, 0.29) is 11.9 Å². The minimum atomic E-state index is -0.0927. The number of nitrogens with zero attached hydrogens (tertiary/aromatic N) is 1. The largest absolute Gasteiger partial charge is 0.346 e. The molecule has 0 atom stereocenters. The summed E-state index contributed by atoms with van der Waals surface area (Å²) < 4.78 is 0. The Labute approximate surface area is 128 Å². The van der Waals surface area contributed by atoms with E-state index in [1.165, 1.54) is 19.3 Å². The third kappa shape index (κ3) is 7.93. The first-order chi connectivity index (χ1) is 9.99. The molecule has 0 aromatic rings. The van der Waals surface area contributed by atoms with E-state index >= 15 is 0 Å². The molecule has 0 heterocycles. The molecule has 1 saturated carbocycles. The highest BCUT2D eigenvalue weighted by molar-refractivity contribution is 5.76. The molecule has 21 heavy (non-hydrogen) atoms. The van der Waals surface area contributed by atoms with Crippen LogP contribution in [0.25, 0.3) is 0 Å². The van der Waals surface area contributed by atoms with Gasteiger partial charge in [-0.2, -0.15) is 0 Å². The molecule has 0 aliphatic heterocycles. The molecule has 2 N–H and O–H groups in total. The first-order valence-corrected chi connectivity index (χ1v) is 8.27. The van der Waals surface area contributed by atoms with E-state index in [4.69, 9.17) is 0 Å². The number of amides is 3. The molecular weight excluding hydrogens is 266 g/mol. The minimum Gasteiger partial charge on any atom is -0.346 e. The fraction of sp³-hybridized carbons (Fsp3) is 0.875. The zero-order valence-electron chi connectivity index (χ0n) is 13.8. The Balaban J connectivity index is 2.07. The second-order valence-corrected chi connectivity index (χ2v) is 6.51. The first-order valence-electron chi connectivity index (χ1n) is 8.27. The average molecular weight is 297 g/mol. The van der Waals surface area contributed by atoms with Crippen LogP contribution in [0.5, 0.6) is 0 Å². The van der Waals surface area contributed by atoms with Gasteiger partial charge >= 0.3 is 6.03 Å². The van der Waals surface area contributed by atoms with Crippen molar-refractivity contribution in [2.45, 2.75) is 64.8 Å². The first kappa shape index (κ1) is 17.8. The van der Waals surface area contributed by atoms with Gasteiger partial charge in [0.2, 0.25) is 5.91 Å². The Morgan fingerprint density at radius 2 is 1.86 bits per heavy atom. The summed E-state index contributed by atoms with van der Waals surface area (Å²) in [5.74, 6) is 0.636. The second kappa shape index (κ2) is 9.64. The van der Waals surface area contributed by atoms with Crippen LogP contribution in [0.15, 0.2) is 0 Å². The molecule has 3 amide bonds. The smallest absolute Gasteiger partial charge is 0.315 e. The van der Waals surface area contributed by atoms with Gasteiger partial charge in [-0.1, -0.05) is 33.1 Å². The van der Waals surface area contributed by atoms with Crippen LogP contribution in [0.3, 0.4) is 0 Å². The monoisotopic (exact) mass is 297 g/mol. The average Bonchev–Trinajstić information content (AvgIpc) is 2.43. The number of nitrogens with one attached hydrogen (secondary N) is 2. The van der Waals surface area contributed by atoms with Gasteiger partial charge < -0.3 is 15.5 Å². The summed E-state index contributed by atoms with van der Waals surface area (Å²) in [5, 5.41) is 5.85. The van der Waals surface area contributed by atoms with Crippen LogP contribution < -0.4 is 10.6 Å². The van der Waals surface area contributed by atoms with Crippen LogP contribution in [0.2, 0.25) is 0 Å². The SMILES string of the molecule is CC(C)CN(C)C(=O)CCCNC(=O)NC1CCCCC1. The zero-order chi connectivity index (χ0) is 15.7. The van der Waals surface area contributed by atoms with E-state index in [1.807, 2.05) is 7.05 Å². The lowest BCUT2D eigenvalue weighted by Crippen LogP contribution is -2.43. The van der Waals surface area contributed by atoms with Gasteiger partial charge in [-0.05, 0) is 25.2 Å². The van der Waals surface area contributed by atoms with Gasteiger partial charge in [-0.3, -0.25) is 4.79 Å². The van der Waals surface area contributed by atoms with Crippen molar-refractivity contribution in [1.29, 1.82) is 0 Å². The number of hydrogen-bond donors (Lipinski definition) is 2. The number of rotatable bonds is 7. The van der Waals surface area contributed by atoms with E-state index < -0.39 is 0 Å². The molecule has 0 radical (unpaired) electrons. The molecule has 0 bridgehead atoms. The summed E-state index contributed by atoms with van der Waals surface area (Å²) >= 11 is 0. The highest BCUT2D eigenvalue weighted by Gasteiger charge is 2.15. The lowest BCUT2D eigenvalue weighted by atomic mass is 9.96. The van der Waals surface area contributed by atoms with Crippen molar-refractivity contribution < 1.29 is 9.59 Å². The molecule has 0 unspecified atom stereocenters. The molecule has 0 saturated heterocycles. The van der Waals surface area contributed by atoms with Gasteiger partial charge in [-0.15, -0.1) is 0 Å². The summed E-state index contributed by atoms with van der Waals surface area (Å²) in [6.07, 6.45) is 7.07. The van der Waals surface area contributed by atoms with E-state index in [1.54, 1.807) is 4.90 Å². The molecule has 122 valence electrons.